The smallest absolute Gasteiger partial charge is 0.157 e. The van der Waals surface area contributed by atoms with Crippen molar-refractivity contribution >= 4 is 11.0 Å². The van der Waals surface area contributed by atoms with E-state index in [4.69, 9.17) is 4.74 Å². The molecule has 0 saturated carbocycles. The first kappa shape index (κ1) is 22.2. The number of aliphatic hydroxyl groups excluding tert-OH is 1. The molecule has 3 unspecified atom stereocenters. The minimum atomic E-state index is -1.26. The van der Waals surface area contributed by atoms with E-state index in [0.717, 1.165) is 24.0 Å². The number of aliphatic hydroxyl groups is 1. The van der Waals surface area contributed by atoms with Crippen molar-refractivity contribution in [3.05, 3.63) is 71.8 Å². The van der Waals surface area contributed by atoms with Crippen LogP contribution in [0.4, 0.5) is 0 Å². The Bertz CT molecular complexity index is 791. The fraction of sp³-hybridized carbons (Fsp3) is 0.500. The quantitative estimate of drug-likeness (QED) is 0.735. The molecule has 158 valence electrons. The molecule has 1 N–H and O–H groups in total. The monoisotopic (exact) mass is 415 g/mol. The van der Waals surface area contributed by atoms with Crippen molar-refractivity contribution in [2.75, 3.05) is 0 Å². The Morgan fingerprint density at radius 3 is 2.21 bits per heavy atom. The van der Waals surface area contributed by atoms with E-state index in [9.17, 15) is 9.32 Å². The summed E-state index contributed by atoms with van der Waals surface area (Å²) in [5.41, 5.74) is 2.17. The highest BCUT2D eigenvalue weighted by molar-refractivity contribution is 7.84. The van der Waals surface area contributed by atoms with E-state index < -0.39 is 22.0 Å². The first-order chi connectivity index (χ1) is 13.8. The first-order valence-corrected chi connectivity index (χ1v) is 11.5. The summed E-state index contributed by atoms with van der Waals surface area (Å²) in [5, 5.41) is 10.4. The number of hydrogen-bond donors (Lipinski definition) is 1. The number of ether oxygens (including phenoxy) is 1. The molecule has 1 fully saturated rings. The van der Waals surface area contributed by atoms with Gasteiger partial charge in [-0.2, -0.15) is 0 Å². The molecule has 1 aliphatic heterocycles. The molecule has 1 saturated heterocycles. The minimum Gasteiger partial charge on any atom is -0.368 e. The van der Waals surface area contributed by atoms with Crippen molar-refractivity contribution in [1.29, 1.82) is 0 Å². The van der Waals surface area contributed by atoms with Crippen LogP contribution in [0.3, 0.4) is 0 Å². The molecule has 2 aromatic rings. The lowest BCUT2D eigenvalue weighted by Crippen LogP contribution is -2.47. The number of hydrogen-bond acceptors (Lipinski definition) is 3. The van der Waals surface area contributed by atoms with Gasteiger partial charge in [0, 0.05) is 12.5 Å². The van der Waals surface area contributed by atoms with Crippen LogP contribution in [0.2, 0.25) is 0 Å². The van der Waals surface area contributed by atoms with Crippen molar-refractivity contribution < 1.29 is 14.1 Å². The summed E-state index contributed by atoms with van der Waals surface area (Å²) in [6, 6.07) is 20.1. The second kappa shape index (κ2) is 9.52. The largest absolute Gasteiger partial charge is 0.368 e. The van der Waals surface area contributed by atoms with Crippen molar-refractivity contribution in [3.8, 4) is 0 Å². The third-order valence-corrected chi connectivity index (χ3v) is 7.26. The average Bonchev–Trinajstić information content (AvgIpc) is 2.70. The Morgan fingerprint density at radius 2 is 1.66 bits per heavy atom. The summed E-state index contributed by atoms with van der Waals surface area (Å²) in [4.78, 5) is 0. The van der Waals surface area contributed by atoms with Crippen LogP contribution in [-0.2, 0) is 22.3 Å². The molecule has 5 atom stereocenters. The molecule has 0 bridgehead atoms. The van der Waals surface area contributed by atoms with Gasteiger partial charge in [0.2, 0.25) is 0 Å². The lowest BCUT2D eigenvalue weighted by molar-refractivity contribution is -0.202. The van der Waals surface area contributed by atoms with Gasteiger partial charge < -0.3 is 9.84 Å². The highest BCUT2D eigenvalue weighted by atomic mass is 32.2. The number of rotatable bonds is 6. The maximum atomic E-state index is 13.7. The molecule has 0 aliphatic carbocycles. The summed E-state index contributed by atoms with van der Waals surface area (Å²) in [6.07, 6.45) is 0.696. The summed E-state index contributed by atoms with van der Waals surface area (Å²) in [5.74, 6) is 0.110. The number of benzene rings is 2. The SMILES string of the molecule is CC1CCC([C@@H](c2ccccc2)N(Cc2ccccc2)[S@@](=O)C(C)(C)C)OC1O. The van der Waals surface area contributed by atoms with Crippen molar-refractivity contribution in [1.82, 2.24) is 4.31 Å². The highest BCUT2D eigenvalue weighted by Crippen LogP contribution is 2.38. The fourth-order valence-corrected chi connectivity index (χ4v) is 5.21. The van der Waals surface area contributed by atoms with Crippen LogP contribution in [0.15, 0.2) is 60.7 Å². The van der Waals surface area contributed by atoms with Crippen LogP contribution >= 0.6 is 0 Å². The van der Waals surface area contributed by atoms with Crippen LogP contribution in [-0.4, -0.2) is 30.8 Å². The summed E-state index contributed by atoms with van der Waals surface area (Å²) in [6.45, 7) is 8.56. The summed E-state index contributed by atoms with van der Waals surface area (Å²) in [7, 11) is -1.26. The molecular formula is C24H33NO3S. The van der Waals surface area contributed by atoms with Crippen LogP contribution in [0, 0.1) is 5.92 Å². The highest BCUT2D eigenvalue weighted by Gasteiger charge is 2.40. The zero-order valence-electron chi connectivity index (χ0n) is 17.8. The molecule has 4 nitrogen and oxygen atoms in total. The van der Waals surface area contributed by atoms with Crippen molar-refractivity contribution in [2.24, 2.45) is 5.92 Å². The average molecular weight is 416 g/mol. The van der Waals surface area contributed by atoms with E-state index >= 15 is 0 Å². The molecule has 0 aromatic heterocycles. The van der Waals surface area contributed by atoms with Gasteiger partial charge in [-0.1, -0.05) is 67.6 Å². The molecule has 0 amide bonds. The first-order valence-electron chi connectivity index (χ1n) is 10.4. The van der Waals surface area contributed by atoms with Gasteiger partial charge in [-0.25, -0.2) is 8.51 Å². The van der Waals surface area contributed by atoms with Gasteiger partial charge in [-0.3, -0.25) is 0 Å². The van der Waals surface area contributed by atoms with Gasteiger partial charge in [0.15, 0.2) is 6.29 Å². The Hall–Kier alpha value is -1.53. The van der Waals surface area contributed by atoms with Crippen molar-refractivity contribution in [2.45, 2.75) is 70.3 Å². The molecule has 0 spiro atoms. The van der Waals surface area contributed by atoms with Crippen LogP contribution in [0.1, 0.15) is 57.7 Å². The van der Waals surface area contributed by atoms with Gasteiger partial charge >= 0.3 is 0 Å². The molecule has 3 rings (SSSR count). The van der Waals surface area contributed by atoms with E-state index in [2.05, 4.69) is 28.6 Å². The molecular weight excluding hydrogens is 382 g/mol. The third kappa shape index (κ3) is 5.54. The van der Waals surface area contributed by atoms with Gasteiger partial charge in [-0.15, -0.1) is 0 Å². The van der Waals surface area contributed by atoms with Crippen LogP contribution in [0.5, 0.6) is 0 Å². The van der Waals surface area contributed by atoms with Gasteiger partial charge in [0.1, 0.15) is 11.0 Å². The van der Waals surface area contributed by atoms with Gasteiger partial charge in [-0.05, 0) is 44.7 Å². The fourth-order valence-electron chi connectivity index (χ4n) is 3.78. The maximum absolute atomic E-state index is 13.7. The summed E-state index contributed by atoms with van der Waals surface area (Å²) < 4.78 is 21.4. The molecule has 2 aromatic carbocycles. The Balaban J connectivity index is 2.03. The second-order valence-corrected chi connectivity index (χ2v) is 11.1. The zero-order chi connectivity index (χ0) is 21.0. The molecule has 0 radical (unpaired) electrons. The standard InChI is InChI=1S/C24H33NO3S/c1-18-15-16-21(28-23(18)26)22(20-13-9-6-10-14-20)25(29(27)24(2,3)4)17-19-11-7-5-8-12-19/h5-14,18,21-23,26H,15-17H2,1-4H3/t18?,21?,22-,23?,29+/m1/s1. The van der Waals surface area contributed by atoms with E-state index in [1.807, 2.05) is 64.1 Å². The predicted molar refractivity (Wildman–Crippen MR) is 118 cm³/mol. The Kier molecular flexibility index (Phi) is 7.28. The normalized spacial score (nSPS) is 25.0. The van der Waals surface area contributed by atoms with Gasteiger partial charge in [0.05, 0.1) is 16.9 Å². The Morgan fingerprint density at radius 1 is 1.07 bits per heavy atom. The van der Waals surface area contributed by atoms with E-state index in [1.165, 1.54) is 0 Å². The molecule has 29 heavy (non-hydrogen) atoms. The Labute approximate surface area is 177 Å². The molecule has 5 heteroatoms. The van der Waals surface area contributed by atoms with Crippen LogP contribution < -0.4 is 0 Å². The third-order valence-electron chi connectivity index (χ3n) is 5.43. The van der Waals surface area contributed by atoms with E-state index in [1.54, 1.807) is 0 Å². The number of nitrogens with zero attached hydrogens (tertiary/aromatic N) is 1. The predicted octanol–water partition coefficient (Wildman–Crippen LogP) is 4.83. The van der Waals surface area contributed by atoms with E-state index in [0.29, 0.717) is 6.54 Å². The van der Waals surface area contributed by atoms with Crippen molar-refractivity contribution in [3.63, 3.8) is 0 Å². The molecule has 1 aliphatic rings. The molecule has 1 heterocycles. The lowest BCUT2D eigenvalue weighted by atomic mass is 9.91. The second-order valence-electron chi connectivity index (χ2n) is 8.90. The minimum absolute atomic E-state index is 0.110. The lowest BCUT2D eigenvalue weighted by Gasteiger charge is -2.42. The van der Waals surface area contributed by atoms with E-state index in [-0.39, 0.29) is 18.1 Å². The van der Waals surface area contributed by atoms with Crippen LogP contribution in [0.25, 0.3) is 0 Å². The van der Waals surface area contributed by atoms with Gasteiger partial charge in [0.25, 0.3) is 0 Å². The zero-order valence-corrected chi connectivity index (χ0v) is 18.6. The topological polar surface area (TPSA) is 49.8 Å². The maximum Gasteiger partial charge on any atom is 0.157 e. The summed E-state index contributed by atoms with van der Waals surface area (Å²) >= 11 is 0.